The van der Waals surface area contributed by atoms with Crippen molar-refractivity contribution in [3.05, 3.63) is 47.3 Å². The monoisotopic (exact) mass is 286 g/mol. The number of hydrogen-bond acceptors (Lipinski definition) is 4. The molecule has 0 N–H and O–H groups in total. The summed E-state index contributed by atoms with van der Waals surface area (Å²) in [7, 11) is 0. The molecule has 1 heterocycles. The molecule has 5 nitrogen and oxygen atoms in total. The van der Waals surface area contributed by atoms with Gasteiger partial charge in [0.25, 0.3) is 0 Å². The van der Waals surface area contributed by atoms with Crippen LogP contribution in [-0.4, -0.2) is 28.6 Å². The van der Waals surface area contributed by atoms with E-state index in [0.717, 1.165) is 11.3 Å². The second-order valence-electron chi connectivity index (χ2n) is 4.93. The number of carbonyl (C=O) groups excluding carboxylic acids is 2. The molecule has 2 rings (SSSR count). The van der Waals surface area contributed by atoms with Gasteiger partial charge in [-0.15, -0.1) is 0 Å². The van der Waals surface area contributed by atoms with Crippen molar-refractivity contribution in [2.75, 3.05) is 6.61 Å². The van der Waals surface area contributed by atoms with E-state index < -0.39 is 5.97 Å². The number of benzene rings is 1. The molecule has 0 saturated heterocycles. The zero-order valence-corrected chi connectivity index (χ0v) is 12.4. The molecule has 110 valence electrons. The molecule has 0 saturated carbocycles. The molecule has 0 aliphatic carbocycles. The number of aldehydes is 1. The molecule has 1 aromatic carbocycles. The summed E-state index contributed by atoms with van der Waals surface area (Å²) in [5, 5.41) is 4.22. The van der Waals surface area contributed by atoms with Crippen LogP contribution in [0.5, 0.6) is 0 Å². The third kappa shape index (κ3) is 3.02. The maximum absolute atomic E-state index is 11.8. The van der Waals surface area contributed by atoms with Crippen molar-refractivity contribution in [2.45, 2.75) is 26.7 Å². The van der Waals surface area contributed by atoms with E-state index in [4.69, 9.17) is 4.74 Å². The SMILES string of the molecule is CCOC(=O)c1nn(-c2ccccc2C(C)C)cc1C=O. The minimum absolute atomic E-state index is 0.0467. The number of para-hydroxylation sites is 1. The van der Waals surface area contributed by atoms with Crippen molar-refractivity contribution in [1.29, 1.82) is 0 Å². The summed E-state index contributed by atoms with van der Waals surface area (Å²) in [6.45, 7) is 6.11. The molecule has 0 bridgehead atoms. The maximum atomic E-state index is 11.8. The summed E-state index contributed by atoms with van der Waals surface area (Å²) in [5.74, 6) is -0.281. The normalized spacial score (nSPS) is 10.7. The fourth-order valence-electron chi connectivity index (χ4n) is 2.14. The van der Waals surface area contributed by atoms with E-state index in [9.17, 15) is 9.59 Å². The largest absolute Gasteiger partial charge is 0.461 e. The molecule has 0 spiro atoms. The Kier molecular flexibility index (Phi) is 4.52. The Morgan fingerprint density at radius 3 is 2.71 bits per heavy atom. The van der Waals surface area contributed by atoms with Gasteiger partial charge in [0.2, 0.25) is 0 Å². The zero-order valence-electron chi connectivity index (χ0n) is 12.4. The third-order valence-corrected chi connectivity index (χ3v) is 3.14. The van der Waals surface area contributed by atoms with Gasteiger partial charge in [-0.3, -0.25) is 4.79 Å². The summed E-state index contributed by atoms with van der Waals surface area (Å²) in [6, 6.07) is 7.76. The van der Waals surface area contributed by atoms with Gasteiger partial charge in [0.1, 0.15) is 0 Å². The first-order valence-electron chi connectivity index (χ1n) is 6.89. The Morgan fingerprint density at radius 2 is 2.10 bits per heavy atom. The molecule has 2 aromatic rings. The van der Waals surface area contributed by atoms with Crippen LogP contribution < -0.4 is 0 Å². The number of aromatic nitrogens is 2. The van der Waals surface area contributed by atoms with Gasteiger partial charge in [0.15, 0.2) is 12.0 Å². The van der Waals surface area contributed by atoms with Crippen LogP contribution in [0, 0.1) is 0 Å². The Balaban J connectivity index is 2.51. The van der Waals surface area contributed by atoms with Crippen LogP contribution in [0.1, 0.15) is 53.1 Å². The van der Waals surface area contributed by atoms with E-state index in [1.807, 2.05) is 24.3 Å². The molecular formula is C16H18N2O3. The summed E-state index contributed by atoms with van der Waals surface area (Å²) in [4.78, 5) is 23.0. The molecule has 0 aliphatic heterocycles. The van der Waals surface area contributed by atoms with E-state index in [2.05, 4.69) is 18.9 Å². The average Bonchev–Trinajstić information content (AvgIpc) is 2.91. The summed E-state index contributed by atoms with van der Waals surface area (Å²) >= 11 is 0. The Bertz CT molecular complexity index is 659. The zero-order chi connectivity index (χ0) is 15.4. The van der Waals surface area contributed by atoms with Crippen LogP contribution in [0.25, 0.3) is 5.69 Å². The molecule has 1 aromatic heterocycles. The van der Waals surface area contributed by atoms with Gasteiger partial charge >= 0.3 is 5.97 Å². The van der Waals surface area contributed by atoms with Gasteiger partial charge in [0, 0.05) is 6.20 Å². The molecule has 21 heavy (non-hydrogen) atoms. The van der Waals surface area contributed by atoms with Crippen LogP contribution in [0.15, 0.2) is 30.5 Å². The number of ether oxygens (including phenoxy) is 1. The van der Waals surface area contributed by atoms with Crippen molar-refractivity contribution >= 4 is 12.3 Å². The van der Waals surface area contributed by atoms with Crippen LogP contribution >= 0.6 is 0 Å². The second kappa shape index (κ2) is 6.35. The lowest BCUT2D eigenvalue weighted by Gasteiger charge is -2.12. The minimum Gasteiger partial charge on any atom is -0.461 e. The molecule has 0 radical (unpaired) electrons. The molecule has 0 aliphatic rings. The minimum atomic E-state index is -0.583. The molecule has 5 heteroatoms. The standard InChI is InChI=1S/C16H18N2O3/c1-4-21-16(20)15-12(10-19)9-18(17-15)14-8-6-5-7-13(14)11(2)3/h5-11H,4H2,1-3H3. The van der Waals surface area contributed by atoms with E-state index in [-0.39, 0.29) is 17.9 Å². The summed E-state index contributed by atoms with van der Waals surface area (Å²) < 4.78 is 6.48. The predicted octanol–water partition coefficient (Wildman–Crippen LogP) is 2.98. The number of carbonyl (C=O) groups is 2. The van der Waals surface area contributed by atoms with Crippen molar-refractivity contribution in [3.63, 3.8) is 0 Å². The highest BCUT2D eigenvalue weighted by Gasteiger charge is 2.19. The van der Waals surface area contributed by atoms with Gasteiger partial charge in [-0.1, -0.05) is 32.0 Å². The quantitative estimate of drug-likeness (QED) is 0.626. The fraction of sp³-hybridized carbons (Fsp3) is 0.312. The van der Waals surface area contributed by atoms with Crippen molar-refractivity contribution < 1.29 is 14.3 Å². The summed E-state index contributed by atoms with van der Waals surface area (Å²) in [6.07, 6.45) is 2.17. The Hall–Kier alpha value is -2.43. The summed E-state index contributed by atoms with van der Waals surface area (Å²) in [5.41, 5.74) is 2.22. The van der Waals surface area contributed by atoms with Crippen LogP contribution in [0.4, 0.5) is 0 Å². The van der Waals surface area contributed by atoms with Gasteiger partial charge in [0.05, 0.1) is 17.9 Å². The molecule has 0 amide bonds. The first-order chi connectivity index (χ1) is 10.1. The Morgan fingerprint density at radius 1 is 1.38 bits per heavy atom. The van der Waals surface area contributed by atoms with Gasteiger partial charge in [-0.05, 0) is 24.5 Å². The topological polar surface area (TPSA) is 61.2 Å². The molecule has 0 fully saturated rings. The van der Waals surface area contributed by atoms with Crippen LogP contribution in [0.2, 0.25) is 0 Å². The highest BCUT2D eigenvalue weighted by Crippen LogP contribution is 2.23. The fourth-order valence-corrected chi connectivity index (χ4v) is 2.14. The van der Waals surface area contributed by atoms with E-state index >= 15 is 0 Å². The lowest BCUT2D eigenvalue weighted by molar-refractivity contribution is 0.0517. The average molecular weight is 286 g/mol. The second-order valence-corrected chi connectivity index (χ2v) is 4.93. The number of nitrogens with zero attached hydrogens (tertiary/aromatic N) is 2. The van der Waals surface area contributed by atoms with Gasteiger partial charge < -0.3 is 4.74 Å². The number of rotatable bonds is 5. The van der Waals surface area contributed by atoms with E-state index in [0.29, 0.717) is 12.2 Å². The van der Waals surface area contributed by atoms with E-state index in [1.165, 1.54) is 0 Å². The third-order valence-electron chi connectivity index (χ3n) is 3.14. The molecule has 0 unspecified atom stereocenters. The van der Waals surface area contributed by atoms with Gasteiger partial charge in [-0.2, -0.15) is 5.10 Å². The van der Waals surface area contributed by atoms with E-state index in [1.54, 1.807) is 17.8 Å². The number of hydrogen-bond donors (Lipinski definition) is 0. The highest BCUT2D eigenvalue weighted by atomic mass is 16.5. The van der Waals surface area contributed by atoms with Crippen molar-refractivity contribution in [2.24, 2.45) is 0 Å². The lowest BCUT2D eigenvalue weighted by Crippen LogP contribution is -2.09. The lowest BCUT2D eigenvalue weighted by atomic mass is 10.0. The molecular weight excluding hydrogens is 268 g/mol. The van der Waals surface area contributed by atoms with Crippen molar-refractivity contribution in [1.82, 2.24) is 9.78 Å². The smallest absolute Gasteiger partial charge is 0.359 e. The van der Waals surface area contributed by atoms with Crippen LogP contribution in [-0.2, 0) is 4.74 Å². The number of esters is 1. The first kappa shape index (κ1) is 15.0. The van der Waals surface area contributed by atoms with Crippen molar-refractivity contribution in [3.8, 4) is 5.69 Å². The Labute approximate surface area is 123 Å². The van der Waals surface area contributed by atoms with Crippen LogP contribution in [0.3, 0.4) is 0 Å². The predicted molar refractivity (Wildman–Crippen MR) is 79.0 cm³/mol. The maximum Gasteiger partial charge on any atom is 0.359 e. The van der Waals surface area contributed by atoms with Gasteiger partial charge in [-0.25, -0.2) is 9.48 Å². The molecule has 0 atom stereocenters. The first-order valence-corrected chi connectivity index (χ1v) is 6.89. The highest BCUT2D eigenvalue weighted by molar-refractivity contribution is 5.96.